The summed E-state index contributed by atoms with van der Waals surface area (Å²) in [4.78, 5) is 0. The largest absolute Gasteiger partial charge is 0.396 e. The molecule has 0 unspecified atom stereocenters. The van der Waals surface area contributed by atoms with E-state index in [1.54, 1.807) is 0 Å². The van der Waals surface area contributed by atoms with Crippen molar-refractivity contribution >= 4 is 0 Å². The lowest BCUT2D eigenvalue weighted by Gasteiger charge is -2.04. The lowest BCUT2D eigenvalue weighted by atomic mass is 10.0. The number of hydrogen-bond donors (Lipinski definition) is 1. The first kappa shape index (κ1) is 10.0. The van der Waals surface area contributed by atoms with E-state index in [2.05, 4.69) is 37.8 Å². The van der Waals surface area contributed by atoms with E-state index in [-0.39, 0.29) is 6.61 Å². The minimum absolute atomic E-state index is 0.199. The summed E-state index contributed by atoms with van der Waals surface area (Å²) in [5, 5.41) is 8.71. The van der Waals surface area contributed by atoms with E-state index in [9.17, 15) is 0 Å². The van der Waals surface area contributed by atoms with E-state index in [0.717, 1.165) is 12.0 Å². The smallest absolute Gasteiger partial charge is 0.0468 e. The molecule has 0 fully saturated rings. The van der Waals surface area contributed by atoms with Crippen molar-refractivity contribution in [3.8, 4) is 0 Å². The van der Waals surface area contributed by atoms with Gasteiger partial charge in [0.25, 0.3) is 0 Å². The average molecular weight is 176 g/mol. The van der Waals surface area contributed by atoms with Crippen molar-refractivity contribution in [2.24, 2.45) is 0 Å². The van der Waals surface area contributed by atoms with Crippen molar-refractivity contribution < 1.29 is 5.11 Å². The monoisotopic (exact) mass is 176 g/mol. The first-order valence-electron chi connectivity index (χ1n) is 4.55. The van der Waals surface area contributed by atoms with Crippen LogP contribution in [0.2, 0.25) is 0 Å². The summed E-state index contributed by atoms with van der Waals surface area (Å²) in [6, 6.07) is 8.38. The maximum atomic E-state index is 8.71. The summed E-state index contributed by atoms with van der Waals surface area (Å²) in [5.74, 6) is 0. The lowest BCUT2D eigenvalue weighted by molar-refractivity contribution is 0.298. The highest BCUT2D eigenvalue weighted by Crippen LogP contribution is 2.10. The van der Waals surface area contributed by atoms with Gasteiger partial charge in [0.1, 0.15) is 0 Å². The van der Waals surface area contributed by atoms with Crippen molar-refractivity contribution in [2.75, 3.05) is 6.61 Å². The van der Waals surface area contributed by atoms with Crippen LogP contribution < -0.4 is 0 Å². The summed E-state index contributed by atoms with van der Waals surface area (Å²) < 4.78 is 0. The normalized spacial score (nSPS) is 10.0. The van der Waals surface area contributed by atoms with Crippen molar-refractivity contribution in [3.05, 3.63) is 47.5 Å². The third kappa shape index (κ3) is 3.43. The Kier molecular flexibility index (Phi) is 3.71. The number of rotatable bonds is 4. The molecule has 0 amide bonds. The van der Waals surface area contributed by atoms with Gasteiger partial charge in [-0.15, -0.1) is 0 Å². The first-order valence-corrected chi connectivity index (χ1v) is 4.55. The summed E-state index contributed by atoms with van der Waals surface area (Å²) in [6.45, 7) is 6.19. The molecule has 0 atom stereocenters. The van der Waals surface area contributed by atoms with E-state index < -0.39 is 0 Å². The number of benzene rings is 1. The van der Waals surface area contributed by atoms with E-state index >= 15 is 0 Å². The minimum atomic E-state index is 0.199. The minimum Gasteiger partial charge on any atom is -0.396 e. The third-order valence-electron chi connectivity index (χ3n) is 2.00. The van der Waals surface area contributed by atoms with Crippen LogP contribution >= 0.6 is 0 Å². The van der Waals surface area contributed by atoms with Gasteiger partial charge in [-0.3, -0.25) is 0 Å². The van der Waals surface area contributed by atoms with Crippen LogP contribution in [0.1, 0.15) is 17.5 Å². The summed E-state index contributed by atoms with van der Waals surface area (Å²) in [7, 11) is 0. The molecule has 70 valence electrons. The zero-order valence-electron chi connectivity index (χ0n) is 8.09. The van der Waals surface area contributed by atoms with Crippen LogP contribution in [0.5, 0.6) is 0 Å². The molecule has 0 heterocycles. The molecule has 0 radical (unpaired) electrons. The van der Waals surface area contributed by atoms with Crippen LogP contribution in [0, 0.1) is 6.92 Å². The molecule has 1 N–H and O–H groups in total. The van der Waals surface area contributed by atoms with Crippen LogP contribution in [0.4, 0.5) is 0 Å². The van der Waals surface area contributed by atoms with Crippen LogP contribution in [-0.4, -0.2) is 11.7 Å². The van der Waals surface area contributed by atoms with Crippen LogP contribution in [0.25, 0.3) is 0 Å². The Morgan fingerprint density at radius 2 is 2.23 bits per heavy atom. The molecule has 0 saturated carbocycles. The second kappa shape index (κ2) is 4.83. The highest BCUT2D eigenvalue weighted by molar-refractivity contribution is 5.25. The molecule has 1 aromatic rings. The summed E-state index contributed by atoms with van der Waals surface area (Å²) >= 11 is 0. The first-order chi connectivity index (χ1) is 6.22. The topological polar surface area (TPSA) is 20.2 Å². The van der Waals surface area contributed by atoms with Gasteiger partial charge in [-0.2, -0.15) is 0 Å². The molecule has 0 aliphatic carbocycles. The Bertz CT molecular complexity index is 289. The van der Waals surface area contributed by atoms with Gasteiger partial charge in [0.2, 0.25) is 0 Å². The fourth-order valence-electron chi connectivity index (χ4n) is 1.36. The lowest BCUT2D eigenvalue weighted by Crippen LogP contribution is -1.92. The van der Waals surface area contributed by atoms with Gasteiger partial charge >= 0.3 is 0 Å². The molecule has 1 rings (SSSR count). The fraction of sp³-hybridized carbons (Fsp3) is 0.333. The molecule has 13 heavy (non-hydrogen) atoms. The Morgan fingerprint density at radius 3 is 2.85 bits per heavy atom. The molecule has 0 bridgehead atoms. The van der Waals surface area contributed by atoms with Crippen molar-refractivity contribution in [1.29, 1.82) is 0 Å². The molecular formula is C12H16O. The molecule has 1 aromatic carbocycles. The summed E-state index contributed by atoms with van der Waals surface area (Å²) in [6.07, 6.45) is 1.58. The Morgan fingerprint density at radius 1 is 1.46 bits per heavy atom. The Hall–Kier alpha value is -1.08. The average Bonchev–Trinajstić information content (AvgIpc) is 2.04. The van der Waals surface area contributed by atoms with Gasteiger partial charge in [-0.1, -0.05) is 42.0 Å². The standard InChI is InChI=1S/C12H16O/c1-10-4-3-5-12(8-10)9-11(2)6-7-13/h3-5,8,13H,2,6-7,9H2,1H3. The van der Waals surface area contributed by atoms with Crippen molar-refractivity contribution in [3.63, 3.8) is 0 Å². The molecule has 0 aliphatic heterocycles. The van der Waals surface area contributed by atoms with Gasteiger partial charge in [-0.05, 0) is 25.3 Å². The van der Waals surface area contributed by atoms with Gasteiger partial charge in [0.05, 0.1) is 0 Å². The van der Waals surface area contributed by atoms with E-state index in [1.807, 2.05) is 0 Å². The maximum absolute atomic E-state index is 8.71. The summed E-state index contributed by atoms with van der Waals surface area (Å²) in [5.41, 5.74) is 3.64. The Balaban J connectivity index is 2.58. The van der Waals surface area contributed by atoms with Crippen molar-refractivity contribution in [2.45, 2.75) is 19.8 Å². The zero-order chi connectivity index (χ0) is 9.68. The van der Waals surface area contributed by atoms with Crippen LogP contribution in [0.3, 0.4) is 0 Å². The fourth-order valence-corrected chi connectivity index (χ4v) is 1.36. The quantitative estimate of drug-likeness (QED) is 0.699. The number of aliphatic hydroxyl groups excluding tert-OH is 1. The Labute approximate surface area is 79.7 Å². The van der Waals surface area contributed by atoms with E-state index in [4.69, 9.17) is 5.11 Å². The molecule has 0 aliphatic rings. The molecule has 0 saturated heterocycles. The third-order valence-corrected chi connectivity index (χ3v) is 2.00. The number of hydrogen-bond acceptors (Lipinski definition) is 1. The second-order valence-corrected chi connectivity index (χ2v) is 3.39. The van der Waals surface area contributed by atoms with E-state index in [1.165, 1.54) is 11.1 Å². The molecule has 1 heteroatoms. The van der Waals surface area contributed by atoms with Gasteiger partial charge in [-0.25, -0.2) is 0 Å². The maximum Gasteiger partial charge on any atom is 0.0468 e. The van der Waals surface area contributed by atoms with Crippen LogP contribution in [-0.2, 0) is 6.42 Å². The molecule has 0 aromatic heterocycles. The zero-order valence-corrected chi connectivity index (χ0v) is 8.09. The van der Waals surface area contributed by atoms with Gasteiger partial charge < -0.3 is 5.11 Å². The number of aryl methyl sites for hydroxylation is 1. The number of aliphatic hydroxyl groups is 1. The van der Waals surface area contributed by atoms with Gasteiger partial charge in [0, 0.05) is 6.61 Å². The predicted octanol–water partition coefficient (Wildman–Crippen LogP) is 2.48. The van der Waals surface area contributed by atoms with E-state index in [0.29, 0.717) is 6.42 Å². The molecular weight excluding hydrogens is 160 g/mol. The SMILES string of the molecule is C=C(CCO)Cc1cccc(C)c1. The molecule has 1 nitrogen and oxygen atoms in total. The highest BCUT2D eigenvalue weighted by atomic mass is 16.2. The van der Waals surface area contributed by atoms with Gasteiger partial charge in [0.15, 0.2) is 0 Å². The predicted molar refractivity (Wildman–Crippen MR) is 55.7 cm³/mol. The second-order valence-electron chi connectivity index (χ2n) is 3.39. The molecule has 0 spiro atoms. The van der Waals surface area contributed by atoms with Crippen molar-refractivity contribution in [1.82, 2.24) is 0 Å². The van der Waals surface area contributed by atoms with Crippen LogP contribution in [0.15, 0.2) is 36.4 Å². The highest BCUT2D eigenvalue weighted by Gasteiger charge is 1.96.